The third-order valence-corrected chi connectivity index (χ3v) is 4.94. The van der Waals surface area contributed by atoms with Crippen LogP contribution in [0.3, 0.4) is 0 Å². The lowest BCUT2D eigenvalue weighted by molar-refractivity contribution is -0.150. The van der Waals surface area contributed by atoms with Crippen LogP contribution in [0.15, 0.2) is 97.1 Å². The monoisotopic (exact) mass is 412 g/mol. The number of carbonyl (C=O) groups is 3. The van der Waals surface area contributed by atoms with Crippen molar-refractivity contribution in [3.8, 4) is 0 Å². The molecule has 0 fully saturated rings. The second kappa shape index (κ2) is 10.8. The average Bonchev–Trinajstić information content (AvgIpc) is 2.81. The Hall–Kier alpha value is -3.79. The minimum atomic E-state index is -1.11. The first-order chi connectivity index (χ1) is 15.1. The molecule has 0 aliphatic heterocycles. The van der Waals surface area contributed by atoms with E-state index in [1.807, 2.05) is 66.7 Å². The van der Waals surface area contributed by atoms with Gasteiger partial charge in [-0.1, -0.05) is 91.0 Å². The number of hydrogen-bond acceptors (Lipinski definition) is 4. The molecular formula is C27H24O4. The van der Waals surface area contributed by atoms with Gasteiger partial charge in [0.1, 0.15) is 18.3 Å². The summed E-state index contributed by atoms with van der Waals surface area (Å²) in [4.78, 5) is 37.0. The summed E-state index contributed by atoms with van der Waals surface area (Å²) in [6.07, 6.45) is 1.62. The van der Waals surface area contributed by atoms with Gasteiger partial charge in [-0.25, -0.2) is 0 Å². The lowest BCUT2D eigenvalue weighted by atomic mass is 9.95. The van der Waals surface area contributed by atoms with Crippen LogP contribution in [0.2, 0.25) is 0 Å². The van der Waals surface area contributed by atoms with Gasteiger partial charge in [0.2, 0.25) is 0 Å². The lowest BCUT2D eigenvalue weighted by Crippen LogP contribution is -2.27. The molecule has 0 bridgehead atoms. The summed E-state index contributed by atoms with van der Waals surface area (Å²) in [5, 5.41) is 0. The van der Waals surface area contributed by atoms with Gasteiger partial charge in [0.25, 0.3) is 0 Å². The number of rotatable bonds is 9. The molecule has 0 saturated heterocycles. The maximum absolute atomic E-state index is 12.6. The molecule has 3 aromatic rings. The van der Waals surface area contributed by atoms with Crippen LogP contribution >= 0.6 is 0 Å². The summed E-state index contributed by atoms with van der Waals surface area (Å²) in [7, 11) is 0. The highest BCUT2D eigenvalue weighted by atomic mass is 16.5. The van der Waals surface area contributed by atoms with Crippen molar-refractivity contribution < 1.29 is 19.1 Å². The predicted octanol–water partition coefficient (Wildman–Crippen LogP) is 5.14. The topological polar surface area (TPSA) is 60.4 Å². The SMILES string of the molecule is CC(=O)C(CC(=O)c1ccccc1)C(=O)OCC=C(c1ccccc1)c1ccccc1. The highest BCUT2D eigenvalue weighted by molar-refractivity contribution is 6.05. The molecule has 156 valence electrons. The Labute approximate surface area is 182 Å². The summed E-state index contributed by atoms with van der Waals surface area (Å²) in [6, 6.07) is 28.2. The van der Waals surface area contributed by atoms with E-state index in [-0.39, 0.29) is 24.6 Å². The van der Waals surface area contributed by atoms with Crippen molar-refractivity contribution in [1.29, 1.82) is 0 Å². The van der Waals surface area contributed by atoms with Crippen LogP contribution in [0.25, 0.3) is 5.57 Å². The van der Waals surface area contributed by atoms with E-state index in [4.69, 9.17) is 4.74 Å². The van der Waals surface area contributed by atoms with Crippen molar-refractivity contribution in [2.24, 2.45) is 5.92 Å². The van der Waals surface area contributed by atoms with Gasteiger partial charge in [-0.2, -0.15) is 0 Å². The fourth-order valence-corrected chi connectivity index (χ4v) is 3.27. The summed E-state index contributed by atoms with van der Waals surface area (Å²) < 4.78 is 5.39. The molecule has 31 heavy (non-hydrogen) atoms. The Morgan fingerprint density at radius 2 is 1.19 bits per heavy atom. The highest BCUT2D eigenvalue weighted by Gasteiger charge is 2.28. The summed E-state index contributed by atoms with van der Waals surface area (Å²) in [6.45, 7) is 1.31. The zero-order chi connectivity index (χ0) is 22.1. The first kappa shape index (κ1) is 21.9. The predicted molar refractivity (Wildman–Crippen MR) is 120 cm³/mol. The number of Topliss-reactive ketones (excluding diaryl/α,β-unsaturated/α-hetero) is 2. The van der Waals surface area contributed by atoms with Gasteiger partial charge < -0.3 is 4.74 Å². The van der Waals surface area contributed by atoms with E-state index in [1.54, 1.807) is 30.3 Å². The molecule has 4 nitrogen and oxygen atoms in total. The van der Waals surface area contributed by atoms with E-state index >= 15 is 0 Å². The summed E-state index contributed by atoms with van der Waals surface area (Å²) in [5.41, 5.74) is 3.38. The number of esters is 1. The van der Waals surface area contributed by atoms with E-state index < -0.39 is 11.9 Å². The van der Waals surface area contributed by atoms with E-state index in [0.29, 0.717) is 5.56 Å². The molecule has 1 atom stereocenters. The zero-order valence-corrected chi connectivity index (χ0v) is 17.4. The molecule has 0 N–H and O–H groups in total. The zero-order valence-electron chi connectivity index (χ0n) is 17.4. The summed E-state index contributed by atoms with van der Waals surface area (Å²) in [5.74, 6) is -2.45. The maximum Gasteiger partial charge on any atom is 0.317 e. The molecule has 0 spiro atoms. The van der Waals surface area contributed by atoms with E-state index in [0.717, 1.165) is 16.7 Å². The van der Waals surface area contributed by atoms with Crippen LogP contribution in [0.5, 0.6) is 0 Å². The number of carbonyl (C=O) groups excluding carboxylic acids is 3. The van der Waals surface area contributed by atoms with Crippen LogP contribution in [0, 0.1) is 5.92 Å². The highest BCUT2D eigenvalue weighted by Crippen LogP contribution is 2.23. The first-order valence-corrected chi connectivity index (χ1v) is 10.1. The molecule has 0 radical (unpaired) electrons. The van der Waals surface area contributed by atoms with Crippen molar-refractivity contribution in [3.63, 3.8) is 0 Å². The number of ether oxygens (including phenoxy) is 1. The largest absolute Gasteiger partial charge is 0.461 e. The second-order valence-electron chi connectivity index (χ2n) is 7.14. The molecule has 0 aliphatic rings. The maximum atomic E-state index is 12.6. The third kappa shape index (κ3) is 6.09. The molecule has 0 aliphatic carbocycles. The average molecular weight is 412 g/mol. The quantitative estimate of drug-likeness (QED) is 0.277. The lowest BCUT2D eigenvalue weighted by Gasteiger charge is -2.13. The third-order valence-electron chi connectivity index (χ3n) is 4.94. The van der Waals surface area contributed by atoms with Gasteiger partial charge in [-0.15, -0.1) is 0 Å². The fourth-order valence-electron chi connectivity index (χ4n) is 3.27. The Kier molecular flexibility index (Phi) is 7.66. The Balaban J connectivity index is 1.72. The van der Waals surface area contributed by atoms with Crippen LogP contribution in [-0.2, 0) is 14.3 Å². The van der Waals surface area contributed by atoms with Crippen molar-refractivity contribution in [2.75, 3.05) is 6.61 Å². The van der Waals surface area contributed by atoms with Crippen LogP contribution in [0.1, 0.15) is 34.8 Å². The smallest absolute Gasteiger partial charge is 0.317 e. The molecular weight excluding hydrogens is 388 g/mol. The fraction of sp³-hybridized carbons (Fsp3) is 0.148. The molecule has 1 unspecified atom stereocenters. The Morgan fingerprint density at radius 1 is 0.742 bits per heavy atom. The molecule has 0 heterocycles. The van der Waals surface area contributed by atoms with Crippen molar-refractivity contribution in [2.45, 2.75) is 13.3 Å². The van der Waals surface area contributed by atoms with E-state index in [9.17, 15) is 14.4 Å². The molecule has 0 saturated carbocycles. The number of hydrogen-bond donors (Lipinski definition) is 0. The molecule has 4 heteroatoms. The van der Waals surface area contributed by atoms with Gasteiger partial charge in [0.05, 0.1) is 0 Å². The normalized spacial score (nSPS) is 11.3. The number of benzene rings is 3. The van der Waals surface area contributed by atoms with Gasteiger partial charge in [-0.05, 0) is 29.7 Å². The molecule has 3 aromatic carbocycles. The minimum Gasteiger partial charge on any atom is -0.461 e. The van der Waals surface area contributed by atoms with Crippen LogP contribution in [-0.4, -0.2) is 24.1 Å². The number of ketones is 2. The Morgan fingerprint density at radius 3 is 1.65 bits per heavy atom. The molecule has 0 aromatic heterocycles. The van der Waals surface area contributed by atoms with Crippen molar-refractivity contribution in [1.82, 2.24) is 0 Å². The van der Waals surface area contributed by atoms with E-state index in [2.05, 4.69) is 0 Å². The second-order valence-corrected chi connectivity index (χ2v) is 7.14. The molecule has 3 rings (SSSR count). The standard InChI is InChI=1S/C27H24O4/c1-20(28)25(19-26(29)23-15-9-4-10-16-23)27(30)31-18-17-24(21-11-5-2-6-12-21)22-13-7-3-8-14-22/h2-17,25H,18-19H2,1H3. The van der Waals surface area contributed by atoms with Gasteiger partial charge in [0.15, 0.2) is 5.78 Å². The summed E-state index contributed by atoms with van der Waals surface area (Å²) >= 11 is 0. The molecule has 0 amide bonds. The van der Waals surface area contributed by atoms with Gasteiger partial charge in [0, 0.05) is 12.0 Å². The Bertz CT molecular complexity index is 1010. The van der Waals surface area contributed by atoms with Crippen molar-refractivity contribution in [3.05, 3.63) is 114 Å². The minimum absolute atomic E-state index is 0.00125. The van der Waals surface area contributed by atoms with Crippen molar-refractivity contribution >= 4 is 23.1 Å². The van der Waals surface area contributed by atoms with E-state index in [1.165, 1.54) is 6.92 Å². The van der Waals surface area contributed by atoms with Crippen LogP contribution in [0.4, 0.5) is 0 Å². The first-order valence-electron chi connectivity index (χ1n) is 10.1. The van der Waals surface area contributed by atoms with Gasteiger partial charge in [-0.3, -0.25) is 14.4 Å². The van der Waals surface area contributed by atoms with Gasteiger partial charge >= 0.3 is 5.97 Å². The van der Waals surface area contributed by atoms with Crippen LogP contribution < -0.4 is 0 Å².